The molecule has 3 heteroatoms. The lowest BCUT2D eigenvalue weighted by molar-refractivity contribution is 0.621. The van der Waals surface area contributed by atoms with Crippen LogP contribution >= 0.6 is 11.8 Å². The fourth-order valence-corrected chi connectivity index (χ4v) is 2.74. The summed E-state index contributed by atoms with van der Waals surface area (Å²) < 4.78 is 2.35. The number of fused-ring (bicyclic) bond motifs is 1. The standard InChI is InChI=1S/C14H20N2S/c1-10(2)16-8-12(9-17-3)13-5-4-11(7-15)6-14(13)16/h4-6,8,10H,7,9,15H2,1-3H3. The van der Waals surface area contributed by atoms with Gasteiger partial charge in [-0.2, -0.15) is 11.8 Å². The van der Waals surface area contributed by atoms with Crippen LogP contribution in [0.4, 0.5) is 0 Å². The number of benzene rings is 1. The molecule has 0 saturated heterocycles. The average molecular weight is 248 g/mol. The predicted molar refractivity (Wildman–Crippen MR) is 77.4 cm³/mol. The molecule has 0 radical (unpaired) electrons. The predicted octanol–water partition coefficient (Wildman–Crippen LogP) is 3.54. The maximum atomic E-state index is 5.72. The largest absolute Gasteiger partial charge is 0.345 e. The molecule has 0 unspecified atom stereocenters. The van der Waals surface area contributed by atoms with Gasteiger partial charge in [0.15, 0.2) is 0 Å². The molecule has 0 atom stereocenters. The summed E-state index contributed by atoms with van der Waals surface area (Å²) in [6.45, 7) is 5.05. The zero-order valence-electron chi connectivity index (χ0n) is 10.7. The first-order valence-electron chi connectivity index (χ1n) is 5.98. The minimum atomic E-state index is 0.487. The van der Waals surface area contributed by atoms with Crippen LogP contribution in [-0.2, 0) is 12.3 Å². The number of rotatable bonds is 4. The number of hydrogen-bond acceptors (Lipinski definition) is 2. The van der Waals surface area contributed by atoms with Gasteiger partial charge < -0.3 is 10.3 Å². The first kappa shape index (κ1) is 12.5. The zero-order valence-corrected chi connectivity index (χ0v) is 11.6. The Morgan fingerprint density at radius 1 is 1.35 bits per heavy atom. The van der Waals surface area contributed by atoms with Crippen molar-refractivity contribution >= 4 is 22.7 Å². The van der Waals surface area contributed by atoms with E-state index in [1.54, 1.807) is 0 Å². The van der Waals surface area contributed by atoms with Crippen LogP contribution in [0, 0.1) is 0 Å². The van der Waals surface area contributed by atoms with Gasteiger partial charge in [-0.3, -0.25) is 0 Å². The molecule has 0 saturated carbocycles. The van der Waals surface area contributed by atoms with E-state index in [-0.39, 0.29) is 0 Å². The van der Waals surface area contributed by atoms with Gasteiger partial charge >= 0.3 is 0 Å². The molecule has 2 rings (SSSR count). The van der Waals surface area contributed by atoms with Gasteiger partial charge in [0.2, 0.25) is 0 Å². The van der Waals surface area contributed by atoms with Gasteiger partial charge in [-0.25, -0.2) is 0 Å². The summed E-state index contributed by atoms with van der Waals surface area (Å²) in [6.07, 6.45) is 4.43. The molecule has 0 aliphatic rings. The molecule has 2 nitrogen and oxygen atoms in total. The highest BCUT2D eigenvalue weighted by atomic mass is 32.2. The number of nitrogens with two attached hydrogens (primary N) is 1. The van der Waals surface area contributed by atoms with Crippen molar-refractivity contribution < 1.29 is 0 Å². The highest BCUT2D eigenvalue weighted by molar-refractivity contribution is 7.97. The molecule has 17 heavy (non-hydrogen) atoms. The SMILES string of the molecule is CSCc1cn(C(C)C)c2cc(CN)ccc12. The van der Waals surface area contributed by atoms with E-state index >= 15 is 0 Å². The van der Waals surface area contributed by atoms with Crippen molar-refractivity contribution in [2.75, 3.05) is 6.26 Å². The Morgan fingerprint density at radius 2 is 2.12 bits per heavy atom. The Balaban J connectivity index is 2.63. The van der Waals surface area contributed by atoms with Crippen molar-refractivity contribution in [1.82, 2.24) is 4.57 Å². The van der Waals surface area contributed by atoms with Crippen LogP contribution in [0.3, 0.4) is 0 Å². The molecule has 0 spiro atoms. The van der Waals surface area contributed by atoms with Crippen LogP contribution in [0.15, 0.2) is 24.4 Å². The second-order valence-corrected chi connectivity index (χ2v) is 5.51. The first-order chi connectivity index (χ1) is 8.17. The van der Waals surface area contributed by atoms with E-state index in [0.29, 0.717) is 12.6 Å². The number of thioether (sulfide) groups is 1. The summed E-state index contributed by atoms with van der Waals surface area (Å²) in [7, 11) is 0. The lowest BCUT2D eigenvalue weighted by atomic mass is 10.1. The van der Waals surface area contributed by atoms with Crippen LogP contribution in [-0.4, -0.2) is 10.8 Å². The lowest BCUT2D eigenvalue weighted by Crippen LogP contribution is -2.00. The molecular formula is C14H20N2S. The molecule has 0 fully saturated rings. The van der Waals surface area contributed by atoms with Crippen molar-refractivity contribution in [1.29, 1.82) is 0 Å². The molecular weight excluding hydrogens is 228 g/mol. The zero-order chi connectivity index (χ0) is 12.4. The van der Waals surface area contributed by atoms with Crippen LogP contribution in [0.1, 0.15) is 31.0 Å². The fraction of sp³-hybridized carbons (Fsp3) is 0.429. The van der Waals surface area contributed by atoms with Crippen LogP contribution < -0.4 is 5.73 Å². The summed E-state index contributed by atoms with van der Waals surface area (Å²) in [5.74, 6) is 1.07. The number of hydrogen-bond donors (Lipinski definition) is 1. The van der Waals surface area contributed by atoms with Crippen molar-refractivity contribution in [3.05, 3.63) is 35.5 Å². The molecule has 2 N–H and O–H groups in total. The Bertz CT molecular complexity index is 514. The molecule has 92 valence electrons. The molecule has 1 aromatic carbocycles. The topological polar surface area (TPSA) is 30.9 Å². The second-order valence-electron chi connectivity index (χ2n) is 4.64. The van der Waals surface area contributed by atoms with Gasteiger partial charge in [-0.05, 0) is 37.3 Å². The highest BCUT2D eigenvalue weighted by Gasteiger charge is 2.10. The Kier molecular flexibility index (Phi) is 3.79. The van der Waals surface area contributed by atoms with E-state index in [9.17, 15) is 0 Å². The lowest BCUT2D eigenvalue weighted by Gasteiger charge is -2.09. The van der Waals surface area contributed by atoms with Crippen molar-refractivity contribution in [3.63, 3.8) is 0 Å². The quantitative estimate of drug-likeness (QED) is 0.897. The third kappa shape index (κ3) is 2.35. The van der Waals surface area contributed by atoms with Crippen LogP contribution in [0.2, 0.25) is 0 Å². The van der Waals surface area contributed by atoms with E-state index in [2.05, 4.69) is 49.1 Å². The van der Waals surface area contributed by atoms with E-state index in [1.165, 1.54) is 22.0 Å². The van der Waals surface area contributed by atoms with Crippen LogP contribution in [0.25, 0.3) is 10.9 Å². The van der Waals surface area contributed by atoms with Crippen molar-refractivity contribution in [2.24, 2.45) is 5.73 Å². The molecule has 2 aromatic rings. The van der Waals surface area contributed by atoms with E-state index in [0.717, 1.165) is 5.75 Å². The molecule has 0 amide bonds. The monoisotopic (exact) mass is 248 g/mol. The van der Waals surface area contributed by atoms with Crippen LogP contribution in [0.5, 0.6) is 0 Å². The van der Waals surface area contributed by atoms with Crippen molar-refractivity contribution in [2.45, 2.75) is 32.2 Å². The maximum Gasteiger partial charge on any atom is 0.0489 e. The van der Waals surface area contributed by atoms with E-state index in [4.69, 9.17) is 5.73 Å². The fourth-order valence-electron chi connectivity index (χ4n) is 2.19. The second kappa shape index (κ2) is 5.15. The smallest absolute Gasteiger partial charge is 0.0489 e. The molecule has 0 aliphatic heterocycles. The van der Waals surface area contributed by atoms with Gasteiger partial charge in [0.1, 0.15) is 0 Å². The van der Waals surface area contributed by atoms with Gasteiger partial charge in [0.25, 0.3) is 0 Å². The van der Waals surface area contributed by atoms with Gasteiger partial charge in [-0.15, -0.1) is 0 Å². The van der Waals surface area contributed by atoms with Gasteiger partial charge in [0.05, 0.1) is 0 Å². The number of nitrogens with zero attached hydrogens (tertiary/aromatic N) is 1. The van der Waals surface area contributed by atoms with E-state index in [1.807, 2.05) is 11.8 Å². The molecule has 1 heterocycles. The first-order valence-corrected chi connectivity index (χ1v) is 7.38. The molecule has 0 bridgehead atoms. The van der Waals surface area contributed by atoms with Gasteiger partial charge in [0, 0.05) is 35.4 Å². The van der Waals surface area contributed by atoms with E-state index < -0.39 is 0 Å². The molecule has 0 aliphatic carbocycles. The molecule has 1 aromatic heterocycles. The van der Waals surface area contributed by atoms with Crippen molar-refractivity contribution in [3.8, 4) is 0 Å². The van der Waals surface area contributed by atoms with Gasteiger partial charge in [-0.1, -0.05) is 12.1 Å². The Morgan fingerprint density at radius 3 is 2.71 bits per heavy atom. The summed E-state index contributed by atoms with van der Waals surface area (Å²) in [4.78, 5) is 0. The summed E-state index contributed by atoms with van der Waals surface area (Å²) in [5.41, 5.74) is 9.65. The average Bonchev–Trinajstić information content (AvgIpc) is 2.68. The Labute approximate surface area is 107 Å². The third-order valence-electron chi connectivity index (χ3n) is 3.07. The maximum absolute atomic E-state index is 5.72. The summed E-state index contributed by atoms with van der Waals surface area (Å²) in [5, 5.41) is 1.37. The number of aromatic nitrogens is 1. The minimum Gasteiger partial charge on any atom is -0.345 e. The summed E-state index contributed by atoms with van der Waals surface area (Å²) in [6, 6.07) is 7.05. The normalized spacial score (nSPS) is 11.6. The Hall–Kier alpha value is -0.930. The minimum absolute atomic E-state index is 0.487. The summed E-state index contributed by atoms with van der Waals surface area (Å²) >= 11 is 1.87. The third-order valence-corrected chi connectivity index (χ3v) is 3.67. The highest BCUT2D eigenvalue weighted by Crippen LogP contribution is 2.27.